The van der Waals surface area contributed by atoms with Crippen molar-refractivity contribution < 1.29 is 19.0 Å². The van der Waals surface area contributed by atoms with Gasteiger partial charge in [-0.05, 0) is 6.08 Å². The Kier molecular flexibility index (Phi) is 4.13. The number of methoxy groups -OCH3 is 2. The number of hydrogen-bond donors (Lipinski definition) is 2. The minimum atomic E-state index is -0.769. The summed E-state index contributed by atoms with van der Waals surface area (Å²) in [4.78, 5) is 0. The van der Waals surface area contributed by atoms with Crippen molar-refractivity contribution in [1.82, 2.24) is 0 Å². The highest BCUT2D eigenvalue weighted by Gasteiger charge is 2.17. The van der Waals surface area contributed by atoms with Crippen molar-refractivity contribution in [3.63, 3.8) is 0 Å². The first-order chi connectivity index (χ1) is 7.65. The molecular weight excluding hydrogens is 213 g/mol. The number of phenolic OH excluding ortho intramolecular Hbond substituents is 1. The molecule has 0 fully saturated rings. The Morgan fingerprint density at radius 3 is 2.62 bits per heavy atom. The van der Waals surface area contributed by atoms with Crippen LogP contribution in [0.2, 0.25) is 0 Å². The van der Waals surface area contributed by atoms with E-state index < -0.39 is 11.6 Å². The van der Waals surface area contributed by atoms with E-state index in [2.05, 4.69) is 0 Å². The van der Waals surface area contributed by atoms with Gasteiger partial charge in [0.15, 0.2) is 23.1 Å². The lowest BCUT2D eigenvalue weighted by molar-refractivity contribution is 0.344. The minimum absolute atomic E-state index is 0.213. The normalized spacial score (nSPS) is 10.8. The summed E-state index contributed by atoms with van der Waals surface area (Å²) in [6.45, 7) is 0.279. The Bertz CT molecular complexity index is 405. The van der Waals surface area contributed by atoms with E-state index in [0.717, 1.165) is 6.07 Å². The summed E-state index contributed by atoms with van der Waals surface area (Å²) in [6.07, 6.45) is 3.07. The summed E-state index contributed by atoms with van der Waals surface area (Å²) in [6, 6.07) is 1.06. The average Bonchev–Trinajstić information content (AvgIpc) is 2.30. The molecule has 1 aromatic carbocycles. The van der Waals surface area contributed by atoms with Crippen LogP contribution in [0, 0.1) is 5.82 Å². The Labute approximate surface area is 93.1 Å². The maximum absolute atomic E-state index is 13.3. The summed E-state index contributed by atoms with van der Waals surface area (Å²) in [5.74, 6) is -0.766. The molecule has 3 N–H and O–H groups in total. The second-order valence-corrected chi connectivity index (χ2v) is 2.99. The monoisotopic (exact) mass is 227 g/mol. The molecule has 0 atom stereocenters. The molecule has 16 heavy (non-hydrogen) atoms. The van der Waals surface area contributed by atoms with Gasteiger partial charge >= 0.3 is 0 Å². The molecule has 0 radical (unpaired) electrons. The van der Waals surface area contributed by atoms with Gasteiger partial charge in [0.1, 0.15) is 0 Å². The molecule has 0 spiro atoms. The first-order valence-electron chi connectivity index (χ1n) is 4.65. The van der Waals surface area contributed by atoms with Gasteiger partial charge in [-0.2, -0.15) is 0 Å². The fraction of sp³-hybridized carbons (Fsp3) is 0.273. The zero-order valence-electron chi connectivity index (χ0n) is 9.16. The number of halogens is 1. The van der Waals surface area contributed by atoms with Crippen LogP contribution in [0.3, 0.4) is 0 Å². The molecule has 1 aromatic rings. The van der Waals surface area contributed by atoms with Crippen molar-refractivity contribution in [2.75, 3.05) is 20.8 Å². The van der Waals surface area contributed by atoms with E-state index in [9.17, 15) is 9.50 Å². The fourth-order valence-electron chi connectivity index (χ4n) is 1.32. The second-order valence-electron chi connectivity index (χ2n) is 2.99. The van der Waals surface area contributed by atoms with E-state index in [1.54, 1.807) is 6.08 Å². The molecule has 0 heterocycles. The van der Waals surface area contributed by atoms with E-state index in [0.29, 0.717) is 0 Å². The first kappa shape index (κ1) is 12.3. The molecule has 4 nitrogen and oxygen atoms in total. The van der Waals surface area contributed by atoms with Crippen molar-refractivity contribution >= 4 is 6.08 Å². The highest BCUT2D eigenvalue weighted by Crippen LogP contribution is 2.39. The van der Waals surface area contributed by atoms with Crippen molar-refractivity contribution in [2.24, 2.45) is 5.73 Å². The van der Waals surface area contributed by atoms with Crippen LogP contribution < -0.4 is 15.2 Å². The zero-order chi connectivity index (χ0) is 12.1. The molecule has 0 aromatic heterocycles. The lowest BCUT2D eigenvalue weighted by atomic mass is 10.1. The van der Waals surface area contributed by atoms with E-state index in [-0.39, 0.29) is 23.6 Å². The number of rotatable bonds is 4. The molecule has 0 aliphatic rings. The summed E-state index contributed by atoms with van der Waals surface area (Å²) >= 11 is 0. The summed E-state index contributed by atoms with van der Waals surface area (Å²) in [5, 5.41) is 9.55. The van der Waals surface area contributed by atoms with E-state index in [1.807, 2.05) is 0 Å². The molecule has 5 heteroatoms. The topological polar surface area (TPSA) is 64.7 Å². The van der Waals surface area contributed by atoms with Crippen LogP contribution in [-0.4, -0.2) is 25.9 Å². The number of benzene rings is 1. The van der Waals surface area contributed by atoms with Crippen LogP contribution >= 0.6 is 0 Å². The standard InChI is InChI=1S/C11H14FNO3/c1-15-9-6-8(12)10(14)7(4-3-5-13)11(9)16-2/h3-4,6,14H,5,13H2,1-2H3/b4-3+. The predicted molar refractivity (Wildman–Crippen MR) is 59.3 cm³/mol. The Hall–Kier alpha value is -1.75. The van der Waals surface area contributed by atoms with Gasteiger partial charge in [-0.15, -0.1) is 0 Å². The van der Waals surface area contributed by atoms with Crippen LogP contribution in [0.5, 0.6) is 17.2 Å². The second kappa shape index (κ2) is 5.37. The molecule has 0 saturated carbocycles. The number of aromatic hydroxyl groups is 1. The van der Waals surface area contributed by atoms with Crippen LogP contribution in [-0.2, 0) is 0 Å². The average molecular weight is 227 g/mol. The molecular formula is C11H14FNO3. The lowest BCUT2D eigenvalue weighted by Gasteiger charge is -2.12. The molecule has 0 unspecified atom stereocenters. The van der Waals surface area contributed by atoms with Gasteiger partial charge in [0.05, 0.1) is 19.8 Å². The van der Waals surface area contributed by atoms with Crippen LogP contribution in [0.25, 0.3) is 6.08 Å². The van der Waals surface area contributed by atoms with Gasteiger partial charge in [-0.25, -0.2) is 4.39 Å². The van der Waals surface area contributed by atoms with Gasteiger partial charge in [-0.1, -0.05) is 6.08 Å². The molecule has 88 valence electrons. The highest BCUT2D eigenvalue weighted by atomic mass is 19.1. The maximum atomic E-state index is 13.3. The molecule has 0 aliphatic heterocycles. The minimum Gasteiger partial charge on any atom is -0.504 e. The molecule has 0 amide bonds. The Balaban J connectivity index is 3.40. The number of phenols is 1. The molecule has 0 saturated heterocycles. The smallest absolute Gasteiger partial charge is 0.171 e. The highest BCUT2D eigenvalue weighted by molar-refractivity contribution is 5.68. The van der Waals surface area contributed by atoms with Gasteiger partial charge in [0, 0.05) is 12.6 Å². The number of ether oxygens (including phenoxy) is 2. The van der Waals surface area contributed by atoms with Crippen LogP contribution in [0.4, 0.5) is 4.39 Å². The zero-order valence-corrected chi connectivity index (χ0v) is 9.16. The Morgan fingerprint density at radius 2 is 2.12 bits per heavy atom. The van der Waals surface area contributed by atoms with E-state index in [1.165, 1.54) is 20.3 Å². The third-order valence-corrected chi connectivity index (χ3v) is 2.05. The van der Waals surface area contributed by atoms with Crippen LogP contribution in [0.15, 0.2) is 12.1 Å². The quantitative estimate of drug-likeness (QED) is 0.818. The summed E-state index contributed by atoms with van der Waals surface area (Å²) in [5.41, 5.74) is 5.51. The summed E-state index contributed by atoms with van der Waals surface area (Å²) in [7, 11) is 2.81. The van der Waals surface area contributed by atoms with Crippen molar-refractivity contribution in [1.29, 1.82) is 0 Å². The SMILES string of the molecule is COc1cc(F)c(O)c(/C=C/CN)c1OC. The molecule has 0 bridgehead atoms. The predicted octanol–water partition coefficient (Wildman–Crippen LogP) is 1.52. The van der Waals surface area contributed by atoms with Crippen molar-refractivity contribution in [3.8, 4) is 17.2 Å². The lowest BCUT2D eigenvalue weighted by Crippen LogP contribution is -1.97. The largest absolute Gasteiger partial charge is 0.504 e. The van der Waals surface area contributed by atoms with Gasteiger partial charge in [0.2, 0.25) is 0 Å². The first-order valence-corrected chi connectivity index (χ1v) is 4.65. The third-order valence-electron chi connectivity index (χ3n) is 2.05. The summed E-state index contributed by atoms with van der Waals surface area (Å²) < 4.78 is 23.3. The third kappa shape index (κ3) is 2.25. The van der Waals surface area contributed by atoms with E-state index in [4.69, 9.17) is 15.2 Å². The van der Waals surface area contributed by atoms with Gasteiger partial charge < -0.3 is 20.3 Å². The van der Waals surface area contributed by atoms with E-state index >= 15 is 0 Å². The Morgan fingerprint density at radius 1 is 1.44 bits per heavy atom. The number of hydrogen-bond acceptors (Lipinski definition) is 4. The fourth-order valence-corrected chi connectivity index (χ4v) is 1.32. The molecule has 1 rings (SSSR count). The molecule has 0 aliphatic carbocycles. The van der Waals surface area contributed by atoms with Crippen LogP contribution in [0.1, 0.15) is 5.56 Å². The van der Waals surface area contributed by atoms with Gasteiger partial charge in [0.25, 0.3) is 0 Å². The van der Waals surface area contributed by atoms with Gasteiger partial charge in [-0.3, -0.25) is 0 Å². The van der Waals surface area contributed by atoms with Crippen molar-refractivity contribution in [3.05, 3.63) is 23.5 Å². The van der Waals surface area contributed by atoms with Crippen molar-refractivity contribution in [2.45, 2.75) is 0 Å². The number of nitrogens with two attached hydrogens (primary N) is 1. The maximum Gasteiger partial charge on any atom is 0.171 e.